The highest BCUT2D eigenvalue weighted by Crippen LogP contribution is 2.19. The molecule has 0 aromatic rings. The molecule has 0 radical (unpaired) electrons. The number of nitrogens with zero attached hydrogens (tertiary/aromatic N) is 1. The number of unbranched alkanes of at least 4 members (excludes halogenated alkanes) is 2. The number of aliphatic imine (C=N–C) groups is 1. The van der Waals surface area contributed by atoms with Crippen LogP contribution in [0.15, 0.2) is 4.99 Å². The Bertz CT molecular complexity index is 199. The summed E-state index contributed by atoms with van der Waals surface area (Å²) in [5.41, 5.74) is 0.0142. The van der Waals surface area contributed by atoms with Gasteiger partial charge in [0.2, 0.25) is 0 Å². The average Bonchev–Trinajstić information content (AvgIpc) is 2.45. The summed E-state index contributed by atoms with van der Waals surface area (Å²) in [7, 11) is 1.99. The maximum absolute atomic E-state index is 5.51. The van der Waals surface area contributed by atoms with Crippen LogP contribution in [0.3, 0.4) is 0 Å². The molecule has 0 aromatic heterocycles. The van der Waals surface area contributed by atoms with E-state index in [1.54, 1.807) is 0 Å². The van der Waals surface area contributed by atoms with Crippen molar-refractivity contribution >= 4 is 5.90 Å². The minimum Gasteiger partial charge on any atom is -0.478 e. The molecule has 1 aliphatic heterocycles. The van der Waals surface area contributed by atoms with E-state index < -0.39 is 0 Å². The van der Waals surface area contributed by atoms with Gasteiger partial charge in [-0.15, -0.1) is 0 Å². The van der Waals surface area contributed by atoms with E-state index >= 15 is 0 Å². The summed E-state index contributed by atoms with van der Waals surface area (Å²) in [5.74, 6) is 0.958. The average molecular weight is 198 g/mol. The molecule has 0 aliphatic carbocycles. The third-order valence-corrected chi connectivity index (χ3v) is 2.34. The highest BCUT2D eigenvalue weighted by Gasteiger charge is 2.25. The molecule has 3 heteroatoms. The monoisotopic (exact) mass is 198 g/mol. The molecule has 0 fully saturated rings. The summed E-state index contributed by atoms with van der Waals surface area (Å²) >= 11 is 0. The van der Waals surface area contributed by atoms with Gasteiger partial charge in [-0.3, -0.25) is 0 Å². The van der Waals surface area contributed by atoms with Gasteiger partial charge in [-0.05, 0) is 40.3 Å². The molecule has 1 rings (SSSR count). The number of hydrogen-bond acceptors (Lipinski definition) is 3. The Labute approximate surface area is 86.9 Å². The van der Waals surface area contributed by atoms with Gasteiger partial charge in [0.1, 0.15) is 6.61 Å². The quantitative estimate of drug-likeness (QED) is 0.662. The minimum atomic E-state index is 0.0142. The summed E-state index contributed by atoms with van der Waals surface area (Å²) in [6, 6.07) is 0. The third kappa shape index (κ3) is 4.09. The predicted octanol–water partition coefficient (Wildman–Crippen LogP) is 1.97. The molecule has 0 amide bonds. The summed E-state index contributed by atoms with van der Waals surface area (Å²) in [6.45, 7) is 6.08. The standard InChI is InChI=1S/C11H22N2O/c1-11(2)9-14-10(13-11)7-5-4-6-8-12-3/h12H,4-9H2,1-3H3. The molecule has 0 spiro atoms. The van der Waals surface area contributed by atoms with Gasteiger partial charge in [0, 0.05) is 6.42 Å². The van der Waals surface area contributed by atoms with Crippen molar-refractivity contribution in [1.29, 1.82) is 0 Å². The first-order valence-electron chi connectivity index (χ1n) is 5.50. The molecule has 1 N–H and O–H groups in total. The molecule has 0 aromatic carbocycles. The molecule has 1 aliphatic rings. The first-order valence-corrected chi connectivity index (χ1v) is 5.50. The molecule has 14 heavy (non-hydrogen) atoms. The Kier molecular flexibility index (Phi) is 4.39. The van der Waals surface area contributed by atoms with E-state index in [0.29, 0.717) is 0 Å². The van der Waals surface area contributed by atoms with E-state index in [9.17, 15) is 0 Å². The Morgan fingerprint density at radius 1 is 1.36 bits per heavy atom. The second-order valence-electron chi connectivity index (χ2n) is 4.52. The van der Waals surface area contributed by atoms with Gasteiger partial charge < -0.3 is 10.1 Å². The fourth-order valence-corrected chi connectivity index (χ4v) is 1.54. The van der Waals surface area contributed by atoms with Gasteiger partial charge in [-0.2, -0.15) is 0 Å². The van der Waals surface area contributed by atoms with Gasteiger partial charge in [0.05, 0.1) is 5.54 Å². The summed E-state index contributed by atoms with van der Waals surface area (Å²) in [4.78, 5) is 4.52. The summed E-state index contributed by atoms with van der Waals surface area (Å²) < 4.78 is 5.51. The first kappa shape index (κ1) is 11.5. The normalized spacial score (nSPS) is 19.2. The predicted molar refractivity (Wildman–Crippen MR) is 59.9 cm³/mol. The highest BCUT2D eigenvalue weighted by molar-refractivity contribution is 5.78. The van der Waals surface area contributed by atoms with Crippen molar-refractivity contribution < 1.29 is 4.74 Å². The SMILES string of the molecule is CNCCCCCC1=NC(C)(C)CO1. The lowest BCUT2D eigenvalue weighted by Crippen LogP contribution is -2.17. The van der Waals surface area contributed by atoms with Gasteiger partial charge >= 0.3 is 0 Å². The molecule has 0 unspecified atom stereocenters. The zero-order chi connectivity index (χ0) is 10.4. The first-order chi connectivity index (χ1) is 6.64. The third-order valence-electron chi connectivity index (χ3n) is 2.34. The largest absolute Gasteiger partial charge is 0.478 e. The van der Waals surface area contributed by atoms with Gasteiger partial charge in [-0.1, -0.05) is 6.42 Å². The number of rotatable bonds is 6. The zero-order valence-electron chi connectivity index (χ0n) is 9.60. The lowest BCUT2D eigenvalue weighted by Gasteiger charge is -2.07. The molecule has 0 saturated carbocycles. The molecule has 82 valence electrons. The van der Waals surface area contributed by atoms with Crippen LogP contribution in [0.4, 0.5) is 0 Å². The van der Waals surface area contributed by atoms with Crippen LogP contribution in [0, 0.1) is 0 Å². The van der Waals surface area contributed by atoms with E-state index in [1.165, 1.54) is 19.3 Å². The van der Waals surface area contributed by atoms with Crippen LogP contribution >= 0.6 is 0 Å². The van der Waals surface area contributed by atoms with E-state index in [-0.39, 0.29) is 5.54 Å². The molecule has 0 bridgehead atoms. The van der Waals surface area contributed by atoms with Crippen LogP contribution < -0.4 is 5.32 Å². The van der Waals surface area contributed by atoms with Crippen molar-refractivity contribution in [3.8, 4) is 0 Å². The second kappa shape index (κ2) is 5.35. The lowest BCUT2D eigenvalue weighted by molar-refractivity contribution is 0.273. The van der Waals surface area contributed by atoms with E-state index in [4.69, 9.17) is 4.74 Å². The molecule has 0 saturated heterocycles. The van der Waals surface area contributed by atoms with Crippen molar-refractivity contribution in [2.75, 3.05) is 20.2 Å². The molecule has 0 atom stereocenters. The number of ether oxygens (including phenoxy) is 1. The van der Waals surface area contributed by atoms with E-state index in [0.717, 1.165) is 25.5 Å². The molecular formula is C11H22N2O. The molecular weight excluding hydrogens is 176 g/mol. The molecule has 1 heterocycles. The van der Waals surface area contributed by atoms with Gasteiger partial charge in [-0.25, -0.2) is 4.99 Å². The Morgan fingerprint density at radius 2 is 2.14 bits per heavy atom. The lowest BCUT2D eigenvalue weighted by atomic mass is 10.1. The maximum atomic E-state index is 5.51. The second-order valence-corrected chi connectivity index (χ2v) is 4.52. The topological polar surface area (TPSA) is 33.6 Å². The van der Waals surface area contributed by atoms with Crippen molar-refractivity contribution in [2.45, 2.75) is 45.1 Å². The van der Waals surface area contributed by atoms with Crippen LogP contribution in [0.2, 0.25) is 0 Å². The zero-order valence-corrected chi connectivity index (χ0v) is 9.60. The van der Waals surface area contributed by atoms with E-state index in [2.05, 4.69) is 24.2 Å². The van der Waals surface area contributed by atoms with Crippen LogP contribution in [0.25, 0.3) is 0 Å². The van der Waals surface area contributed by atoms with Crippen LogP contribution in [-0.4, -0.2) is 31.6 Å². The van der Waals surface area contributed by atoms with Crippen molar-refractivity contribution in [3.63, 3.8) is 0 Å². The summed E-state index contributed by atoms with van der Waals surface area (Å²) in [6.07, 6.45) is 4.69. The Balaban J connectivity index is 2.08. The van der Waals surface area contributed by atoms with E-state index in [1.807, 2.05) is 7.05 Å². The van der Waals surface area contributed by atoms with Crippen LogP contribution in [0.1, 0.15) is 39.5 Å². The van der Waals surface area contributed by atoms with Crippen molar-refractivity contribution in [1.82, 2.24) is 5.32 Å². The fourth-order valence-electron chi connectivity index (χ4n) is 1.54. The summed E-state index contributed by atoms with van der Waals surface area (Å²) in [5, 5.41) is 3.15. The Morgan fingerprint density at radius 3 is 2.71 bits per heavy atom. The van der Waals surface area contributed by atoms with Crippen molar-refractivity contribution in [2.24, 2.45) is 4.99 Å². The number of nitrogens with one attached hydrogen (secondary N) is 1. The maximum Gasteiger partial charge on any atom is 0.183 e. The molecule has 3 nitrogen and oxygen atoms in total. The minimum absolute atomic E-state index is 0.0142. The fraction of sp³-hybridized carbons (Fsp3) is 0.909. The van der Waals surface area contributed by atoms with Crippen molar-refractivity contribution in [3.05, 3.63) is 0 Å². The van der Waals surface area contributed by atoms with Crippen LogP contribution in [-0.2, 0) is 4.74 Å². The highest BCUT2D eigenvalue weighted by atomic mass is 16.5. The Hall–Kier alpha value is -0.570. The van der Waals surface area contributed by atoms with Crippen LogP contribution in [0.5, 0.6) is 0 Å². The smallest absolute Gasteiger partial charge is 0.183 e. The van der Waals surface area contributed by atoms with Gasteiger partial charge in [0.25, 0.3) is 0 Å². The number of hydrogen-bond donors (Lipinski definition) is 1. The van der Waals surface area contributed by atoms with Gasteiger partial charge in [0.15, 0.2) is 5.90 Å².